The molecule has 0 aromatic carbocycles. The van der Waals surface area contributed by atoms with E-state index in [1.54, 1.807) is 16.5 Å². The molecule has 0 aliphatic carbocycles. The Kier molecular flexibility index (Phi) is 3.15. The molecule has 10 nitrogen and oxygen atoms in total. The lowest BCUT2D eigenvalue weighted by molar-refractivity contribution is -0.112. The number of imidazole rings is 1. The van der Waals surface area contributed by atoms with Gasteiger partial charge in [-0.1, -0.05) is 0 Å². The maximum absolute atomic E-state index is 10.1. The molecule has 3 rings (SSSR count). The Morgan fingerprint density at radius 2 is 2.38 bits per heavy atom. The van der Waals surface area contributed by atoms with Gasteiger partial charge in [0.1, 0.15) is 35.8 Å². The molecule has 2 aliphatic rings. The quantitative estimate of drug-likeness (QED) is 0.333. The fourth-order valence-electron chi connectivity index (χ4n) is 2.65. The maximum Gasteiger partial charge on any atom is 0.152 e. The molecule has 116 valence electrons. The summed E-state index contributed by atoms with van der Waals surface area (Å²) in [6.07, 6.45) is -1.53. The van der Waals surface area contributed by atoms with Crippen LogP contribution < -0.4 is 16.8 Å². The van der Waals surface area contributed by atoms with E-state index >= 15 is 0 Å². The van der Waals surface area contributed by atoms with Crippen molar-refractivity contribution in [2.45, 2.75) is 30.7 Å². The van der Waals surface area contributed by atoms with E-state index in [-0.39, 0.29) is 6.42 Å². The van der Waals surface area contributed by atoms with Crippen molar-refractivity contribution in [2.75, 3.05) is 19.0 Å². The van der Waals surface area contributed by atoms with E-state index in [0.717, 1.165) is 0 Å². The van der Waals surface area contributed by atoms with Crippen molar-refractivity contribution < 1.29 is 14.9 Å². The smallest absolute Gasteiger partial charge is 0.152 e. The molecule has 0 radical (unpaired) electrons. The van der Waals surface area contributed by atoms with Crippen LogP contribution in [-0.4, -0.2) is 62.3 Å². The number of nitrogens with two attached hydrogens (primary N) is 2. The molecular formula is C11H19N7O3. The van der Waals surface area contributed by atoms with E-state index in [9.17, 15) is 10.2 Å². The minimum absolute atomic E-state index is 0.0551. The molecular weight excluding hydrogens is 278 g/mol. The second-order valence-corrected chi connectivity index (χ2v) is 5.43. The molecule has 8 N–H and O–H groups in total. The Labute approximate surface area is 120 Å². The number of hydrogen-bond donors (Lipinski definition) is 6. The van der Waals surface area contributed by atoms with Crippen molar-refractivity contribution in [3.8, 4) is 0 Å². The maximum atomic E-state index is 10.1. The van der Waals surface area contributed by atoms with Gasteiger partial charge in [0.2, 0.25) is 0 Å². The van der Waals surface area contributed by atoms with Gasteiger partial charge in [0.25, 0.3) is 0 Å². The summed E-state index contributed by atoms with van der Waals surface area (Å²) >= 11 is 0. The number of ether oxygens (including phenoxy) is 1. The first-order valence-corrected chi connectivity index (χ1v) is 6.52. The Morgan fingerprint density at radius 3 is 3.00 bits per heavy atom. The summed E-state index contributed by atoms with van der Waals surface area (Å²) in [6, 6.07) is 0. The van der Waals surface area contributed by atoms with Crippen LogP contribution in [0.1, 0.15) is 18.3 Å². The SMILES string of the molecule is CN1CNc2c(ncn2[C@H]2C[C@](N)(O)[C@@H](C(N)O)O2)C1=N. The van der Waals surface area contributed by atoms with Crippen LogP contribution in [0.3, 0.4) is 0 Å². The number of rotatable bonds is 2. The van der Waals surface area contributed by atoms with Crippen molar-refractivity contribution in [1.29, 1.82) is 5.41 Å². The number of anilines is 1. The fourth-order valence-corrected chi connectivity index (χ4v) is 2.65. The number of nitrogens with one attached hydrogen (secondary N) is 2. The van der Waals surface area contributed by atoms with Gasteiger partial charge in [-0.05, 0) is 0 Å². The number of hydrogen-bond acceptors (Lipinski definition) is 8. The van der Waals surface area contributed by atoms with Crippen LogP contribution in [0.5, 0.6) is 0 Å². The Hall–Kier alpha value is -1.72. The fraction of sp³-hybridized carbons (Fsp3) is 0.636. The van der Waals surface area contributed by atoms with Gasteiger partial charge in [0.15, 0.2) is 5.84 Å². The van der Waals surface area contributed by atoms with Gasteiger partial charge >= 0.3 is 0 Å². The zero-order valence-electron chi connectivity index (χ0n) is 11.5. The van der Waals surface area contributed by atoms with E-state index in [0.29, 0.717) is 24.0 Å². The molecule has 0 saturated carbocycles. The van der Waals surface area contributed by atoms with Gasteiger partial charge < -0.3 is 36.6 Å². The molecule has 2 aliphatic heterocycles. The van der Waals surface area contributed by atoms with Crippen molar-refractivity contribution in [3.05, 3.63) is 12.0 Å². The molecule has 1 unspecified atom stereocenters. The van der Waals surface area contributed by atoms with Gasteiger partial charge in [-0.3, -0.25) is 9.98 Å². The standard InChI is InChI=1S/C11H19N7O3/c1-17-3-16-10-6(8(17)12)15-4-18(10)5-2-11(14,20)7(21-5)9(13)19/h4-5,7,9,12,16,19-20H,2-3,13-14H2,1H3/t5-,7-,9?,11+/m1/s1. The highest BCUT2D eigenvalue weighted by Crippen LogP contribution is 2.37. The zero-order valence-corrected chi connectivity index (χ0v) is 11.5. The minimum atomic E-state index is -1.73. The third kappa shape index (κ3) is 2.17. The molecule has 3 heterocycles. The lowest BCUT2D eigenvalue weighted by atomic mass is 10.1. The summed E-state index contributed by atoms with van der Waals surface area (Å²) < 4.78 is 7.21. The molecule has 1 saturated heterocycles. The topological polar surface area (TPSA) is 159 Å². The molecule has 1 fully saturated rings. The molecule has 0 spiro atoms. The van der Waals surface area contributed by atoms with Crippen LogP contribution in [0, 0.1) is 5.41 Å². The van der Waals surface area contributed by atoms with Crippen molar-refractivity contribution in [3.63, 3.8) is 0 Å². The lowest BCUT2D eigenvalue weighted by Gasteiger charge is -2.27. The summed E-state index contributed by atoms with van der Waals surface area (Å²) in [7, 11) is 1.78. The minimum Gasteiger partial charge on any atom is -0.376 e. The van der Waals surface area contributed by atoms with Gasteiger partial charge in [-0.25, -0.2) is 4.98 Å². The highest BCUT2D eigenvalue weighted by atomic mass is 16.6. The van der Waals surface area contributed by atoms with Crippen LogP contribution >= 0.6 is 0 Å². The summed E-state index contributed by atoms with van der Waals surface area (Å²) in [6.45, 7) is 0.458. The van der Waals surface area contributed by atoms with Crippen molar-refractivity contribution in [2.24, 2.45) is 11.5 Å². The molecule has 10 heteroatoms. The average molecular weight is 297 g/mol. The zero-order chi connectivity index (χ0) is 15.4. The third-order valence-electron chi connectivity index (χ3n) is 3.80. The number of fused-ring (bicyclic) bond motifs is 1. The predicted molar refractivity (Wildman–Crippen MR) is 73.2 cm³/mol. The number of aliphatic hydroxyl groups excluding tert-OH is 1. The van der Waals surface area contributed by atoms with Crippen molar-refractivity contribution >= 4 is 11.7 Å². The normalized spacial score (nSPS) is 33.8. The number of nitrogens with zero attached hydrogens (tertiary/aromatic N) is 3. The van der Waals surface area contributed by atoms with Gasteiger partial charge in [-0.2, -0.15) is 0 Å². The van der Waals surface area contributed by atoms with E-state index in [2.05, 4.69) is 10.3 Å². The molecule has 0 bridgehead atoms. The molecule has 1 aromatic rings. The van der Waals surface area contributed by atoms with Crippen LogP contribution in [0.2, 0.25) is 0 Å². The van der Waals surface area contributed by atoms with Gasteiger partial charge in [0, 0.05) is 13.5 Å². The second-order valence-electron chi connectivity index (χ2n) is 5.43. The first kappa shape index (κ1) is 14.2. The van der Waals surface area contributed by atoms with E-state index in [1.807, 2.05) is 0 Å². The molecule has 4 atom stereocenters. The van der Waals surface area contributed by atoms with E-state index in [1.165, 1.54) is 6.33 Å². The third-order valence-corrected chi connectivity index (χ3v) is 3.80. The largest absolute Gasteiger partial charge is 0.376 e. The van der Waals surface area contributed by atoms with E-state index in [4.69, 9.17) is 21.6 Å². The Bertz CT molecular complexity index is 570. The Balaban J connectivity index is 1.90. The summed E-state index contributed by atoms with van der Waals surface area (Å²) in [5.41, 5.74) is 9.87. The number of amidine groups is 1. The van der Waals surface area contributed by atoms with Crippen LogP contribution in [0.25, 0.3) is 0 Å². The first-order valence-electron chi connectivity index (χ1n) is 6.52. The Morgan fingerprint density at radius 1 is 1.67 bits per heavy atom. The average Bonchev–Trinajstić information content (AvgIpc) is 2.94. The number of aliphatic hydroxyl groups is 2. The summed E-state index contributed by atoms with van der Waals surface area (Å²) in [5.74, 6) is 0.907. The summed E-state index contributed by atoms with van der Waals surface area (Å²) in [4.78, 5) is 5.90. The van der Waals surface area contributed by atoms with E-state index < -0.39 is 24.3 Å². The second kappa shape index (κ2) is 4.64. The lowest BCUT2D eigenvalue weighted by Crippen LogP contribution is -2.55. The van der Waals surface area contributed by atoms with Gasteiger partial charge in [0.05, 0.1) is 13.0 Å². The molecule has 0 amide bonds. The highest BCUT2D eigenvalue weighted by molar-refractivity contribution is 6.00. The van der Waals surface area contributed by atoms with Crippen molar-refractivity contribution in [1.82, 2.24) is 14.5 Å². The number of aromatic nitrogens is 2. The molecule has 1 aromatic heterocycles. The highest BCUT2D eigenvalue weighted by Gasteiger charge is 2.48. The van der Waals surface area contributed by atoms with Gasteiger partial charge in [-0.15, -0.1) is 0 Å². The van der Waals surface area contributed by atoms with Crippen LogP contribution in [0.15, 0.2) is 6.33 Å². The monoisotopic (exact) mass is 297 g/mol. The van der Waals surface area contributed by atoms with Crippen LogP contribution in [0.4, 0.5) is 5.82 Å². The molecule has 21 heavy (non-hydrogen) atoms. The first-order chi connectivity index (χ1) is 9.81. The predicted octanol–water partition coefficient (Wildman–Crippen LogP) is -2.26. The summed E-state index contributed by atoms with van der Waals surface area (Å²) in [5, 5.41) is 30.7. The van der Waals surface area contributed by atoms with Crippen LogP contribution in [-0.2, 0) is 4.74 Å².